The highest BCUT2D eigenvalue weighted by Crippen LogP contribution is 2.42. The quantitative estimate of drug-likeness (QED) is 0.192. The summed E-state index contributed by atoms with van der Waals surface area (Å²) in [5.74, 6) is 0. The minimum Gasteiger partial charge on any atom is -0.358 e. The van der Waals surface area contributed by atoms with Crippen molar-refractivity contribution in [3.8, 4) is 27.9 Å². The molecular formula is C50H34N4. The van der Waals surface area contributed by atoms with Crippen molar-refractivity contribution in [3.63, 3.8) is 0 Å². The maximum absolute atomic E-state index is 5.32. The number of para-hydroxylation sites is 4. The highest BCUT2D eigenvalue weighted by Gasteiger charge is 2.28. The van der Waals surface area contributed by atoms with Crippen LogP contribution in [0.3, 0.4) is 0 Å². The van der Waals surface area contributed by atoms with E-state index >= 15 is 0 Å². The number of nitrogens with zero attached hydrogens (tertiary/aromatic N) is 3. The first-order valence-corrected chi connectivity index (χ1v) is 18.5. The summed E-state index contributed by atoms with van der Waals surface area (Å²) in [5.41, 5.74) is 14.7. The first kappa shape index (κ1) is 30.5. The Morgan fingerprint density at radius 2 is 0.944 bits per heavy atom. The lowest BCUT2D eigenvalue weighted by molar-refractivity contribution is 0.759. The van der Waals surface area contributed by atoms with Crippen LogP contribution in [0.25, 0.3) is 71.6 Å². The number of rotatable bonds is 5. The molecule has 11 rings (SSSR count). The summed E-state index contributed by atoms with van der Waals surface area (Å²) in [6.45, 7) is 0. The van der Waals surface area contributed by atoms with Crippen LogP contribution in [0.5, 0.6) is 0 Å². The lowest BCUT2D eigenvalue weighted by Gasteiger charge is -2.30. The van der Waals surface area contributed by atoms with Gasteiger partial charge in [0.25, 0.3) is 0 Å². The zero-order valence-corrected chi connectivity index (χ0v) is 29.4. The Bertz CT molecular complexity index is 3060. The lowest BCUT2D eigenvalue weighted by Crippen LogP contribution is -2.30. The second-order valence-electron chi connectivity index (χ2n) is 14.0. The third kappa shape index (κ3) is 4.81. The van der Waals surface area contributed by atoms with Gasteiger partial charge in [-0.3, -0.25) is 0 Å². The van der Waals surface area contributed by atoms with Crippen molar-refractivity contribution in [2.24, 2.45) is 4.99 Å². The molecule has 1 N–H and O–H groups in total. The SMILES string of the molecule is c1ccc(C2=Nc3ccccc3NC2n2c3ccc(-c4ccc5c(c4)c4ccccc4n5-c4ccccc4)cc3c3ccc(-c4ccccc4)cc32)cc1. The van der Waals surface area contributed by atoms with Gasteiger partial charge in [-0.15, -0.1) is 0 Å². The molecule has 54 heavy (non-hydrogen) atoms. The van der Waals surface area contributed by atoms with Gasteiger partial charge < -0.3 is 14.5 Å². The van der Waals surface area contributed by atoms with E-state index in [1.54, 1.807) is 0 Å². The molecule has 0 bridgehead atoms. The molecule has 254 valence electrons. The van der Waals surface area contributed by atoms with Gasteiger partial charge in [-0.1, -0.05) is 133 Å². The monoisotopic (exact) mass is 690 g/mol. The fraction of sp³-hybridized carbons (Fsp3) is 0.0200. The van der Waals surface area contributed by atoms with Crippen molar-refractivity contribution in [2.45, 2.75) is 6.17 Å². The minimum atomic E-state index is -0.236. The standard InChI is InChI=1S/C50H34N4/c1-4-14-33(15-5-1)37-24-27-40-42-31-36(35-25-28-46-41(30-35)39-20-10-13-23-45(39)53(46)38-18-8-3-9-19-38)26-29-47(42)54(48(40)32-37)50-49(34-16-6-2-7-17-34)51-43-21-11-12-22-44(43)52-50/h1-32,50,52H. The number of benzene rings is 8. The highest BCUT2D eigenvalue weighted by atomic mass is 15.2. The van der Waals surface area contributed by atoms with Crippen molar-refractivity contribution in [1.82, 2.24) is 9.13 Å². The number of anilines is 1. The van der Waals surface area contributed by atoms with Gasteiger partial charge in [0.05, 0.1) is 39.2 Å². The Morgan fingerprint density at radius 3 is 1.72 bits per heavy atom. The van der Waals surface area contributed by atoms with Crippen molar-refractivity contribution in [1.29, 1.82) is 0 Å². The summed E-state index contributed by atoms with van der Waals surface area (Å²) in [7, 11) is 0. The molecule has 4 nitrogen and oxygen atoms in total. The van der Waals surface area contributed by atoms with Gasteiger partial charge in [0.1, 0.15) is 6.17 Å². The molecule has 1 atom stereocenters. The molecule has 0 fully saturated rings. The molecule has 3 heterocycles. The maximum Gasteiger partial charge on any atom is 0.148 e. The fourth-order valence-corrected chi connectivity index (χ4v) is 8.44. The van der Waals surface area contributed by atoms with Gasteiger partial charge in [0.2, 0.25) is 0 Å². The number of aliphatic imine (C=N–C) groups is 1. The number of hydrogen-bond acceptors (Lipinski definition) is 2. The van der Waals surface area contributed by atoms with Crippen molar-refractivity contribution in [2.75, 3.05) is 5.32 Å². The van der Waals surface area contributed by atoms with Gasteiger partial charge in [0, 0.05) is 32.8 Å². The summed E-state index contributed by atoms with van der Waals surface area (Å²) in [6.07, 6.45) is -0.236. The van der Waals surface area contributed by atoms with Crippen molar-refractivity contribution in [3.05, 3.63) is 200 Å². The molecule has 0 radical (unpaired) electrons. The average Bonchev–Trinajstić information content (AvgIpc) is 3.76. The lowest BCUT2D eigenvalue weighted by atomic mass is 9.99. The number of fused-ring (bicyclic) bond motifs is 7. The molecule has 2 aromatic heterocycles. The molecule has 8 aromatic carbocycles. The van der Waals surface area contributed by atoms with E-state index in [0.717, 1.165) is 39.4 Å². The third-order valence-corrected chi connectivity index (χ3v) is 11.0. The van der Waals surface area contributed by atoms with Gasteiger partial charge in [-0.2, -0.15) is 0 Å². The first-order chi connectivity index (χ1) is 26.8. The summed E-state index contributed by atoms with van der Waals surface area (Å²) in [4.78, 5) is 5.32. The first-order valence-electron chi connectivity index (χ1n) is 18.5. The van der Waals surface area contributed by atoms with Crippen LogP contribution in [0, 0.1) is 0 Å². The van der Waals surface area contributed by atoms with Crippen LogP contribution in [0.1, 0.15) is 11.7 Å². The predicted molar refractivity (Wildman–Crippen MR) is 226 cm³/mol. The Hall–Kier alpha value is -7.17. The molecule has 0 spiro atoms. The van der Waals surface area contributed by atoms with Crippen LogP contribution >= 0.6 is 0 Å². The largest absolute Gasteiger partial charge is 0.358 e. The van der Waals surface area contributed by atoms with E-state index in [2.05, 4.69) is 209 Å². The van der Waals surface area contributed by atoms with E-state index < -0.39 is 0 Å². The summed E-state index contributed by atoms with van der Waals surface area (Å²) in [6, 6.07) is 69.7. The topological polar surface area (TPSA) is 34.2 Å². The number of hydrogen-bond donors (Lipinski definition) is 1. The minimum absolute atomic E-state index is 0.236. The smallest absolute Gasteiger partial charge is 0.148 e. The summed E-state index contributed by atoms with van der Waals surface area (Å²) >= 11 is 0. The van der Waals surface area contributed by atoms with E-state index in [4.69, 9.17) is 4.99 Å². The Morgan fingerprint density at radius 1 is 0.389 bits per heavy atom. The summed E-state index contributed by atoms with van der Waals surface area (Å²) < 4.78 is 4.83. The zero-order valence-electron chi connectivity index (χ0n) is 29.4. The van der Waals surface area contributed by atoms with Gasteiger partial charge >= 0.3 is 0 Å². The third-order valence-electron chi connectivity index (χ3n) is 11.0. The van der Waals surface area contributed by atoms with Crippen LogP contribution in [-0.2, 0) is 0 Å². The van der Waals surface area contributed by atoms with Gasteiger partial charge in [0.15, 0.2) is 0 Å². The van der Waals surface area contributed by atoms with Crippen LogP contribution in [0.2, 0.25) is 0 Å². The van der Waals surface area contributed by atoms with Crippen LogP contribution in [0.15, 0.2) is 199 Å². The van der Waals surface area contributed by atoms with Crippen LogP contribution in [0.4, 0.5) is 11.4 Å². The van der Waals surface area contributed by atoms with E-state index in [1.165, 1.54) is 54.8 Å². The molecule has 0 saturated heterocycles. The summed E-state index contributed by atoms with van der Waals surface area (Å²) in [5, 5.41) is 8.84. The molecule has 4 heteroatoms. The molecule has 10 aromatic rings. The second-order valence-corrected chi connectivity index (χ2v) is 14.0. The maximum atomic E-state index is 5.32. The molecule has 0 saturated carbocycles. The van der Waals surface area contributed by atoms with Crippen LogP contribution in [-0.4, -0.2) is 14.8 Å². The Kier molecular flexibility index (Phi) is 6.89. The molecule has 1 aliphatic rings. The number of aromatic nitrogens is 2. The van der Waals surface area contributed by atoms with E-state index in [1.807, 2.05) is 0 Å². The Balaban J connectivity index is 1.13. The fourth-order valence-electron chi connectivity index (χ4n) is 8.44. The average molecular weight is 691 g/mol. The molecule has 1 unspecified atom stereocenters. The molecular weight excluding hydrogens is 657 g/mol. The molecule has 0 amide bonds. The van der Waals surface area contributed by atoms with Gasteiger partial charge in [-0.05, 0) is 82.9 Å². The van der Waals surface area contributed by atoms with E-state index in [0.29, 0.717) is 0 Å². The van der Waals surface area contributed by atoms with E-state index in [-0.39, 0.29) is 6.17 Å². The molecule has 0 aliphatic carbocycles. The molecule has 1 aliphatic heterocycles. The Labute approximate surface area is 312 Å². The van der Waals surface area contributed by atoms with Gasteiger partial charge in [-0.25, -0.2) is 4.99 Å². The predicted octanol–water partition coefficient (Wildman–Crippen LogP) is 13.0. The van der Waals surface area contributed by atoms with Crippen LogP contribution < -0.4 is 5.32 Å². The van der Waals surface area contributed by atoms with E-state index in [9.17, 15) is 0 Å². The zero-order chi connectivity index (χ0) is 35.6. The van der Waals surface area contributed by atoms with Crippen molar-refractivity contribution < 1.29 is 0 Å². The number of nitrogens with one attached hydrogen (secondary N) is 1. The van der Waals surface area contributed by atoms with Crippen molar-refractivity contribution >= 4 is 60.7 Å². The normalized spacial score (nSPS) is 14.0. The second kappa shape index (κ2) is 12.2. The highest BCUT2D eigenvalue weighted by molar-refractivity contribution is 6.15.